The Morgan fingerprint density at radius 3 is 3.11 bits per heavy atom. The average molecular weight is 386 g/mol. The van der Waals surface area contributed by atoms with Gasteiger partial charge in [0.15, 0.2) is 0 Å². The Kier molecular flexibility index (Phi) is 5.56. The van der Waals surface area contributed by atoms with Gasteiger partial charge in [-0.3, -0.25) is 9.59 Å². The zero-order valence-corrected chi connectivity index (χ0v) is 15.7. The van der Waals surface area contributed by atoms with Crippen LogP contribution in [0.3, 0.4) is 0 Å². The number of carbonyl (C=O) groups excluding carboxylic acids is 2. The number of pyridine rings is 1. The second kappa shape index (κ2) is 8.24. The molecule has 27 heavy (non-hydrogen) atoms. The van der Waals surface area contributed by atoms with E-state index in [2.05, 4.69) is 27.1 Å². The van der Waals surface area contributed by atoms with Crippen molar-refractivity contribution in [2.24, 2.45) is 0 Å². The quantitative estimate of drug-likeness (QED) is 0.744. The number of fused-ring (bicyclic) bond motifs is 1. The van der Waals surface area contributed by atoms with Gasteiger partial charge in [0, 0.05) is 42.7 Å². The van der Waals surface area contributed by atoms with Gasteiger partial charge in [-0.05, 0) is 29.5 Å². The first-order valence-electron chi connectivity index (χ1n) is 9.06. The summed E-state index contributed by atoms with van der Waals surface area (Å²) < 4.78 is 5.86. The molecule has 2 N–H and O–H groups in total. The molecule has 1 atom stereocenters. The number of hydrogen-bond acceptors (Lipinski definition) is 6. The molecule has 7 nitrogen and oxygen atoms in total. The molecule has 8 heteroatoms. The molecule has 3 aliphatic rings. The van der Waals surface area contributed by atoms with Crippen LogP contribution in [0.1, 0.15) is 17.5 Å². The lowest BCUT2D eigenvalue weighted by Gasteiger charge is -2.38. The monoisotopic (exact) mass is 386 g/mol. The Hall–Kier alpha value is -2.16. The van der Waals surface area contributed by atoms with E-state index in [-0.39, 0.29) is 24.5 Å². The zero-order valence-electron chi connectivity index (χ0n) is 14.9. The zero-order chi connectivity index (χ0) is 18.6. The first-order chi connectivity index (χ1) is 13.2. The minimum absolute atomic E-state index is 0.0203. The third kappa shape index (κ3) is 4.58. The van der Waals surface area contributed by atoms with Crippen molar-refractivity contribution in [2.45, 2.75) is 24.3 Å². The standard InChI is InChI=1S/C19H22N4O3S/c24-17-9-20-8-14-6-13(7-21-19(14)22-17)3-4-18(25)23-10-15(11-23)26-12-16-2-1-5-27-16/h1,3-7,15-16,20H,2,8-12H2,(H,21,22,24)/b4-3+. The van der Waals surface area contributed by atoms with Crippen LogP contribution in [0.15, 0.2) is 29.8 Å². The van der Waals surface area contributed by atoms with E-state index in [1.54, 1.807) is 23.2 Å². The van der Waals surface area contributed by atoms with Crippen LogP contribution in [-0.4, -0.2) is 59.3 Å². The number of rotatable bonds is 5. The van der Waals surface area contributed by atoms with Gasteiger partial charge in [0.2, 0.25) is 11.8 Å². The first kappa shape index (κ1) is 18.2. The third-order valence-electron chi connectivity index (χ3n) is 4.71. The number of ether oxygens (including phenoxy) is 1. The van der Waals surface area contributed by atoms with Gasteiger partial charge >= 0.3 is 0 Å². The molecule has 2 amide bonds. The Bertz CT molecular complexity index is 781. The molecule has 4 rings (SSSR count). The van der Waals surface area contributed by atoms with Crippen molar-refractivity contribution in [1.82, 2.24) is 15.2 Å². The van der Waals surface area contributed by atoms with Crippen molar-refractivity contribution in [1.29, 1.82) is 0 Å². The highest BCUT2D eigenvalue weighted by molar-refractivity contribution is 8.03. The van der Waals surface area contributed by atoms with Crippen LogP contribution < -0.4 is 10.6 Å². The summed E-state index contributed by atoms with van der Waals surface area (Å²) in [7, 11) is 0. The Morgan fingerprint density at radius 2 is 2.30 bits per heavy atom. The van der Waals surface area contributed by atoms with E-state index in [0.717, 1.165) is 24.2 Å². The number of thioether (sulfide) groups is 1. The van der Waals surface area contributed by atoms with E-state index < -0.39 is 0 Å². The fraction of sp³-hybridized carbons (Fsp3) is 0.421. The molecule has 0 radical (unpaired) electrons. The third-order valence-corrected chi connectivity index (χ3v) is 5.77. The molecule has 0 aromatic carbocycles. The number of likely N-dealkylation sites (tertiary alicyclic amines) is 1. The first-order valence-corrected chi connectivity index (χ1v) is 10.0. The van der Waals surface area contributed by atoms with Crippen molar-refractivity contribution in [2.75, 3.05) is 31.6 Å². The predicted octanol–water partition coefficient (Wildman–Crippen LogP) is 1.38. The summed E-state index contributed by atoms with van der Waals surface area (Å²) in [5, 5.41) is 8.45. The minimum atomic E-state index is -0.0999. The second-order valence-electron chi connectivity index (χ2n) is 6.83. The topological polar surface area (TPSA) is 83.6 Å². The molecule has 0 aliphatic carbocycles. The van der Waals surface area contributed by atoms with Crippen molar-refractivity contribution in [3.8, 4) is 0 Å². The molecule has 0 saturated carbocycles. The van der Waals surface area contributed by atoms with Gasteiger partial charge in [-0.15, -0.1) is 11.8 Å². The van der Waals surface area contributed by atoms with Crippen molar-refractivity contribution in [3.05, 3.63) is 41.0 Å². The maximum Gasteiger partial charge on any atom is 0.246 e. The van der Waals surface area contributed by atoms with Crippen molar-refractivity contribution < 1.29 is 14.3 Å². The number of amides is 2. The van der Waals surface area contributed by atoms with Gasteiger partial charge in [0.1, 0.15) is 5.82 Å². The highest BCUT2D eigenvalue weighted by atomic mass is 32.2. The van der Waals surface area contributed by atoms with Gasteiger partial charge < -0.3 is 20.3 Å². The van der Waals surface area contributed by atoms with E-state index in [0.29, 0.717) is 30.7 Å². The number of nitrogens with zero attached hydrogens (tertiary/aromatic N) is 2. The van der Waals surface area contributed by atoms with Crippen LogP contribution in [0.5, 0.6) is 0 Å². The number of allylic oxidation sites excluding steroid dienone is 1. The van der Waals surface area contributed by atoms with Crippen LogP contribution in [0.25, 0.3) is 6.08 Å². The summed E-state index contributed by atoms with van der Waals surface area (Å²) in [6, 6.07) is 1.93. The number of nitrogens with one attached hydrogen (secondary N) is 2. The Labute approximate surface area is 162 Å². The fourth-order valence-electron chi connectivity index (χ4n) is 3.13. The number of aromatic nitrogens is 1. The molecule has 3 aliphatic heterocycles. The lowest BCUT2D eigenvalue weighted by Crippen LogP contribution is -2.54. The molecular formula is C19H22N4O3S. The summed E-state index contributed by atoms with van der Waals surface area (Å²) in [6.45, 7) is 2.87. The van der Waals surface area contributed by atoms with E-state index in [1.807, 2.05) is 17.8 Å². The van der Waals surface area contributed by atoms with Crippen LogP contribution in [0.4, 0.5) is 5.82 Å². The summed E-state index contributed by atoms with van der Waals surface area (Å²) in [5.74, 6) is 0.456. The fourth-order valence-corrected chi connectivity index (χ4v) is 3.95. The summed E-state index contributed by atoms with van der Waals surface area (Å²) in [4.78, 5) is 29.8. The van der Waals surface area contributed by atoms with E-state index >= 15 is 0 Å². The molecule has 142 valence electrons. The molecule has 0 spiro atoms. The molecular weight excluding hydrogens is 364 g/mol. The van der Waals surface area contributed by atoms with Gasteiger partial charge in [-0.25, -0.2) is 4.98 Å². The second-order valence-corrected chi connectivity index (χ2v) is 8.04. The summed E-state index contributed by atoms with van der Waals surface area (Å²) in [5.41, 5.74) is 1.74. The molecule has 1 aromatic rings. The molecule has 0 bridgehead atoms. The predicted molar refractivity (Wildman–Crippen MR) is 105 cm³/mol. The van der Waals surface area contributed by atoms with Gasteiger partial charge in [0.05, 0.1) is 19.3 Å². The Balaban J connectivity index is 1.26. The minimum Gasteiger partial charge on any atom is -0.373 e. The SMILES string of the molecule is O=C1CNCc2cc(/C=C/C(=O)N3CC(OCC4CC=CS4)C3)cnc2N1. The summed E-state index contributed by atoms with van der Waals surface area (Å²) >= 11 is 1.81. The van der Waals surface area contributed by atoms with Gasteiger partial charge in [0.25, 0.3) is 0 Å². The van der Waals surface area contributed by atoms with E-state index in [1.165, 1.54) is 0 Å². The maximum absolute atomic E-state index is 12.3. The largest absolute Gasteiger partial charge is 0.373 e. The molecule has 1 fully saturated rings. The van der Waals surface area contributed by atoms with Crippen LogP contribution in [-0.2, 0) is 20.9 Å². The van der Waals surface area contributed by atoms with Crippen LogP contribution in [0.2, 0.25) is 0 Å². The molecule has 4 heterocycles. The highest BCUT2D eigenvalue weighted by Crippen LogP contribution is 2.25. The highest BCUT2D eigenvalue weighted by Gasteiger charge is 2.30. The van der Waals surface area contributed by atoms with Crippen molar-refractivity contribution >= 4 is 35.5 Å². The van der Waals surface area contributed by atoms with E-state index in [9.17, 15) is 9.59 Å². The lowest BCUT2D eigenvalue weighted by atomic mass is 10.1. The van der Waals surface area contributed by atoms with Crippen LogP contribution >= 0.6 is 11.8 Å². The number of hydrogen-bond donors (Lipinski definition) is 2. The molecule has 1 unspecified atom stereocenters. The molecule has 1 saturated heterocycles. The Morgan fingerprint density at radius 1 is 1.41 bits per heavy atom. The lowest BCUT2D eigenvalue weighted by molar-refractivity contribution is -0.139. The number of anilines is 1. The summed E-state index contributed by atoms with van der Waals surface area (Å²) in [6.07, 6.45) is 8.37. The van der Waals surface area contributed by atoms with Crippen molar-refractivity contribution in [3.63, 3.8) is 0 Å². The normalized spacial score (nSPS) is 22.4. The van der Waals surface area contributed by atoms with Crippen LogP contribution in [0, 0.1) is 0 Å². The van der Waals surface area contributed by atoms with Gasteiger partial charge in [-0.1, -0.05) is 6.08 Å². The average Bonchev–Trinajstić information content (AvgIpc) is 3.06. The van der Waals surface area contributed by atoms with E-state index in [4.69, 9.17) is 4.74 Å². The number of carbonyl (C=O) groups is 2. The smallest absolute Gasteiger partial charge is 0.246 e. The maximum atomic E-state index is 12.3. The van der Waals surface area contributed by atoms with Gasteiger partial charge in [-0.2, -0.15) is 0 Å². The molecule has 1 aromatic heterocycles.